The van der Waals surface area contributed by atoms with Crippen molar-refractivity contribution in [2.24, 2.45) is 11.8 Å². The Balaban J connectivity index is 2.91. The zero-order valence-corrected chi connectivity index (χ0v) is 11.7. The average Bonchev–Trinajstić information content (AvgIpc) is 2.35. The fourth-order valence-electron chi connectivity index (χ4n) is 1.35. The third-order valence-electron chi connectivity index (χ3n) is 3.03. The van der Waals surface area contributed by atoms with Gasteiger partial charge in [-0.05, 0) is 24.0 Å². The Kier molecular flexibility index (Phi) is 4.88. The van der Waals surface area contributed by atoms with E-state index in [-0.39, 0.29) is 16.4 Å². The number of hydrogen-bond acceptors (Lipinski definition) is 3. The maximum atomic E-state index is 12.1. The Labute approximate surface area is 109 Å². The van der Waals surface area contributed by atoms with E-state index in [1.165, 1.54) is 12.1 Å². The fraction of sp³-hybridized carbons (Fsp3) is 0.462. The lowest BCUT2D eigenvalue weighted by Gasteiger charge is -2.16. The second-order valence-electron chi connectivity index (χ2n) is 4.68. The van der Waals surface area contributed by atoms with Crippen LogP contribution in [0.4, 0.5) is 0 Å². The third-order valence-corrected chi connectivity index (χ3v) is 4.51. The number of benzene rings is 1. The van der Waals surface area contributed by atoms with Gasteiger partial charge in [0, 0.05) is 6.54 Å². The van der Waals surface area contributed by atoms with Crippen LogP contribution in [0.15, 0.2) is 29.2 Å². The van der Waals surface area contributed by atoms with Gasteiger partial charge in [-0.3, -0.25) is 0 Å². The van der Waals surface area contributed by atoms with Crippen LogP contribution in [0.3, 0.4) is 0 Å². The van der Waals surface area contributed by atoms with Crippen LogP contribution in [-0.2, 0) is 10.0 Å². The lowest BCUT2D eigenvalue weighted by atomic mass is 9.99. The van der Waals surface area contributed by atoms with Crippen molar-refractivity contribution in [1.29, 1.82) is 5.26 Å². The number of nitriles is 1. The molecule has 0 aliphatic carbocycles. The van der Waals surface area contributed by atoms with Crippen LogP contribution >= 0.6 is 0 Å². The summed E-state index contributed by atoms with van der Waals surface area (Å²) in [5, 5.41) is 8.91. The summed E-state index contributed by atoms with van der Waals surface area (Å²) in [6, 6.07) is 8.10. The van der Waals surface area contributed by atoms with Crippen LogP contribution in [0.2, 0.25) is 0 Å². The molecular weight excluding hydrogens is 248 g/mol. The molecule has 0 saturated heterocycles. The first-order valence-electron chi connectivity index (χ1n) is 5.87. The average molecular weight is 266 g/mol. The minimum atomic E-state index is -3.60. The quantitative estimate of drug-likeness (QED) is 0.887. The summed E-state index contributed by atoms with van der Waals surface area (Å²) in [4.78, 5) is 0.0449. The summed E-state index contributed by atoms with van der Waals surface area (Å²) in [6.45, 7) is 6.45. The molecule has 1 N–H and O–H groups in total. The standard InChI is InChI=1S/C13H18N2O2S/c1-10(2)11(3)9-15-18(16,17)13-7-5-4-6-12(13)8-14/h4-7,10-11,15H,9H2,1-3H3. The molecule has 0 heterocycles. The molecule has 4 nitrogen and oxygen atoms in total. The minimum absolute atomic E-state index is 0.0449. The van der Waals surface area contributed by atoms with Crippen LogP contribution in [0.25, 0.3) is 0 Å². The van der Waals surface area contributed by atoms with Crippen molar-refractivity contribution >= 4 is 10.0 Å². The summed E-state index contributed by atoms with van der Waals surface area (Å²) >= 11 is 0. The Morgan fingerprint density at radius 1 is 1.28 bits per heavy atom. The highest BCUT2D eigenvalue weighted by molar-refractivity contribution is 7.89. The molecule has 5 heteroatoms. The maximum absolute atomic E-state index is 12.1. The molecule has 0 bridgehead atoms. The van der Waals surface area contributed by atoms with Crippen LogP contribution < -0.4 is 4.72 Å². The van der Waals surface area contributed by atoms with Gasteiger partial charge in [0.2, 0.25) is 10.0 Å². The molecular formula is C13H18N2O2S. The summed E-state index contributed by atoms with van der Waals surface area (Å²) in [5.41, 5.74) is 0.169. The van der Waals surface area contributed by atoms with Crippen LogP contribution in [0.1, 0.15) is 26.3 Å². The van der Waals surface area contributed by atoms with Crippen LogP contribution in [0.5, 0.6) is 0 Å². The number of rotatable bonds is 5. The van der Waals surface area contributed by atoms with Gasteiger partial charge in [-0.1, -0.05) is 32.9 Å². The highest BCUT2D eigenvalue weighted by Gasteiger charge is 2.19. The van der Waals surface area contributed by atoms with Gasteiger partial charge in [0.1, 0.15) is 6.07 Å². The van der Waals surface area contributed by atoms with E-state index in [1.54, 1.807) is 12.1 Å². The lowest BCUT2D eigenvalue weighted by Crippen LogP contribution is -2.30. The van der Waals surface area contributed by atoms with Gasteiger partial charge in [0.15, 0.2) is 0 Å². The van der Waals surface area contributed by atoms with Gasteiger partial charge in [0.25, 0.3) is 0 Å². The predicted octanol–water partition coefficient (Wildman–Crippen LogP) is 2.13. The topological polar surface area (TPSA) is 70.0 Å². The molecule has 0 fully saturated rings. The number of nitrogens with zero attached hydrogens (tertiary/aromatic N) is 1. The Bertz CT molecular complexity index is 544. The maximum Gasteiger partial charge on any atom is 0.241 e. The van der Waals surface area contributed by atoms with E-state index in [9.17, 15) is 8.42 Å². The highest BCUT2D eigenvalue weighted by Crippen LogP contribution is 2.15. The molecule has 0 saturated carbocycles. The third kappa shape index (κ3) is 3.56. The normalized spacial score (nSPS) is 13.3. The van der Waals surface area contributed by atoms with E-state index < -0.39 is 10.0 Å². The van der Waals surface area contributed by atoms with E-state index in [2.05, 4.69) is 4.72 Å². The minimum Gasteiger partial charge on any atom is -0.211 e. The molecule has 0 spiro atoms. The fourth-order valence-corrected chi connectivity index (χ4v) is 2.65. The monoisotopic (exact) mass is 266 g/mol. The highest BCUT2D eigenvalue weighted by atomic mass is 32.2. The van der Waals surface area contributed by atoms with Gasteiger partial charge < -0.3 is 0 Å². The number of sulfonamides is 1. The molecule has 1 atom stereocenters. The lowest BCUT2D eigenvalue weighted by molar-refractivity contribution is 0.414. The van der Waals surface area contributed by atoms with Crippen molar-refractivity contribution in [3.63, 3.8) is 0 Å². The van der Waals surface area contributed by atoms with E-state index in [0.717, 1.165) is 0 Å². The van der Waals surface area contributed by atoms with Crippen molar-refractivity contribution in [3.8, 4) is 6.07 Å². The molecule has 0 amide bonds. The summed E-state index contributed by atoms with van der Waals surface area (Å²) in [5.74, 6) is 0.646. The van der Waals surface area contributed by atoms with Gasteiger partial charge in [-0.2, -0.15) is 5.26 Å². The van der Waals surface area contributed by atoms with Crippen LogP contribution in [0, 0.1) is 23.2 Å². The molecule has 0 aliphatic rings. The van der Waals surface area contributed by atoms with E-state index in [0.29, 0.717) is 12.5 Å². The number of hydrogen-bond donors (Lipinski definition) is 1. The Morgan fingerprint density at radius 2 is 1.89 bits per heavy atom. The first-order chi connectivity index (χ1) is 8.38. The molecule has 98 valence electrons. The van der Waals surface area contributed by atoms with E-state index >= 15 is 0 Å². The second-order valence-corrected chi connectivity index (χ2v) is 6.42. The van der Waals surface area contributed by atoms with Crippen molar-refractivity contribution in [2.45, 2.75) is 25.7 Å². The molecule has 0 aromatic heterocycles. The molecule has 1 unspecified atom stereocenters. The van der Waals surface area contributed by atoms with Crippen LogP contribution in [-0.4, -0.2) is 15.0 Å². The van der Waals surface area contributed by atoms with E-state index in [1.807, 2.05) is 26.8 Å². The van der Waals surface area contributed by atoms with Gasteiger partial charge >= 0.3 is 0 Å². The smallest absolute Gasteiger partial charge is 0.211 e. The van der Waals surface area contributed by atoms with Gasteiger partial charge in [0.05, 0.1) is 10.5 Å². The second kappa shape index (κ2) is 5.98. The van der Waals surface area contributed by atoms with Crippen molar-refractivity contribution < 1.29 is 8.42 Å². The zero-order valence-electron chi connectivity index (χ0n) is 10.8. The van der Waals surface area contributed by atoms with E-state index in [4.69, 9.17) is 5.26 Å². The molecule has 1 aromatic carbocycles. The Morgan fingerprint density at radius 3 is 2.44 bits per heavy atom. The van der Waals surface area contributed by atoms with Crippen molar-refractivity contribution in [2.75, 3.05) is 6.54 Å². The zero-order chi connectivity index (χ0) is 13.8. The Hall–Kier alpha value is -1.38. The summed E-state index contributed by atoms with van der Waals surface area (Å²) in [6.07, 6.45) is 0. The first-order valence-corrected chi connectivity index (χ1v) is 7.35. The van der Waals surface area contributed by atoms with Crippen molar-refractivity contribution in [1.82, 2.24) is 4.72 Å². The largest absolute Gasteiger partial charge is 0.241 e. The molecule has 0 radical (unpaired) electrons. The number of nitrogens with one attached hydrogen (secondary N) is 1. The first kappa shape index (κ1) is 14.7. The molecule has 1 aromatic rings. The molecule has 18 heavy (non-hydrogen) atoms. The summed E-state index contributed by atoms with van der Waals surface area (Å²) < 4.78 is 26.7. The van der Waals surface area contributed by atoms with Gasteiger partial charge in [-0.25, -0.2) is 13.1 Å². The van der Waals surface area contributed by atoms with Gasteiger partial charge in [-0.15, -0.1) is 0 Å². The van der Waals surface area contributed by atoms with Crippen molar-refractivity contribution in [3.05, 3.63) is 29.8 Å². The molecule has 1 rings (SSSR count). The summed E-state index contributed by atoms with van der Waals surface area (Å²) in [7, 11) is -3.60. The SMILES string of the molecule is CC(C)C(C)CNS(=O)(=O)c1ccccc1C#N. The predicted molar refractivity (Wildman–Crippen MR) is 70.3 cm³/mol. The molecule has 0 aliphatic heterocycles.